The molecule has 138 valence electrons. The average molecular weight is 352 g/mol. The van der Waals surface area contributed by atoms with E-state index in [1.165, 1.54) is 25.7 Å². The number of benzene rings is 1. The highest BCUT2D eigenvalue weighted by atomic mass is 16.5. The molecule has 26 heavy (non-hydrogen) atoms. The minimum Gasteiger partial charge on any atom is -0.488 e. The van der Waals surface area contributed by atoms with Crippen LogP contribution in [0.1, 0.15) is 52.7 Å². The number of aromatic nitrogens is 1. The van der Waals surface area contributed by atoms with Crippen molar-refractivity contribution in [2.75, 3.05) is 13.6 Å². The zero-order valence-electron chi connectivity index (χ0n) is 16.0. The van der Waals surface area contributed by atoms with Crippen molar-refractivity contribution in [2.45, 2.75) is 46.1 Å². The molecule has 1 aromatic heterocycles. The Kier molecular flexibility index (Phi) is 5.92. The molecule has 4 nitrogen and oxygen atoms in total. The lowest BCUT2D eigenvalue weighted by Gasteiger charge is -2.22. The molecule has 1 amide bonds. The molecule has 2 aromatic rings. The van der Waals surface area contributed by atoms with E-state index in [1.54, 1.807) is 12.4 Å². The van der Waals surface area contributed by atoms with E-state index in [2.05, 4.69) is 4.98 Å². The molecule has 1 aliphatic carbocycles. The molecule has 0 radical (unpaired) electrons. The molecule has 1 saturated carbocycles. The summed E-state index contributed by atoms with van der Waals surface area (Å²) in [6.45, 7) is 5.33. The van der Waals surface area contributed by atoms with Crippen molar-refractivity contribution in [3.8, 4) is 5.75 Å². The number of nitrogens with zero attached hydrogens (tertiary/aromatic N) is 2. The zero-order valence-corrected chi connectivity index (χ0v) is 16.0. The predicted molar refractivity (Wildman–Crippen MR) is 103 cm³/mol. The molecular formula is C22H28N2O2. The summed E-state index contributed by atoms with van der Waals surface area (Å²) in [5.41, 5.74) is 3.76. The molecule has 0 bridgehead atoms. The third kappa shape index (κ3) is 4.43. The number of ether oxygens (including phenoxy) is 1. The molecule has 1 aliphatic rings. The third-order valence-corrected chi connectivity index (χ3v) is 5.17. The SMILES string of the molecule is Cc1cc(C(=O)N(C)CC2CCCC2)cc(C)c1OCc1cccnc1. The van der Waals surface area contributed by atoms with Gasteiger partial charge in [0.05, 0.1) is 0 Å². The third-order valence-electron chi connectivity index (χ3n) is 5.17. The van der Waals surface area contributed by atoms with Gasteiger partial charge in [0.1, 0.15) is 12.4 Å². The van der Waals surface area contributed by atoms with Crippen LogP contribution in [-0.2, 0) is 6.61 Å². The Morgan fingerprint density at radius 1 is 1.23 bits per heavy atom. The van der Waals surface area contributed by atoms with Crippen molar-refractivity contribution in [3.05, 3.63) is 58.9 Å². The largest absolute Gasteiger partial charge is 0.488 e. The molecular weight excluding hydrogens is 324 g/mol. The Morgan fingerprint density at radius 2 is 1.92 bits per heavy atom. The van der Waals surface area contributed by atoms with Crippen LogP contribution in [0.3, 0.4) is 0 Å². The first-order valence-corrected chi connectivity index (χ1v) is 9.43. The van der Waals surface area contributed by atoms with Crippen LogP contribution < -0.4 is 4.74 Å². The van der Waals surface area contributed by atoms with Crippen LogP contribution in [0.2, 0.25) is 0 Å². The summed E-state index contributed by atoms with van der Waals surface area (Å²) < 4.78 is 5.99. The van der Waals surface area contributed by atoms with Crippen molar-refractivity contribution < 1.29 is 9.53 Å². The van der Waals surface area contributed by atoms with Gasteiger partial charge in [-0.2, -0.15) is 0 Å². The van der Waals surface area contributed by atoms with Gasteiger partial charge in [0.25, 0.3) is 5.91 Å². The van der Waals surface area contributed by atoms with Crippen molar-refractivity contribution in [3.63, 3.8) is 0 Å². The summed E-state index contributed by atoms with van der Waals surface area (Å²) in [5, 5.41) is 0. The second kappa shape index (κ2) is 8.35. The van der Waals surface area contributed by atoms with Gasteiger partial charge >= 0.3 is 0 Å². The fourth-order valence-electron chi connectivity index (χ4n) is 3.82. The number of aryl methyl sites for hydroxylation is 2. The first kappa shape index (κ1) is 18.4. The van der Waals surface area contributed by atoms with E-state index in [0.717, 1.165) is 34.5 Å². The molecule has 0 unspecified atom stereocenters. The Morgan fingerprint density at radius 3 is 2.54 bits per heavy atom. The molecule has 0 atom stereocenters. The van der Waals surface area contributed by atoms with E-state index in [-0.39, 0.29) is 5.91 Å². The number of rotatable bonds is 6. The maximum Gasteiger partial charge on any atom is 0.253 e. The van der Waals surface area contributed by atoms with E-state index >= 15 is 0 Å². The molecule has 1 aromatic carbocycles. The summed E-state index contributed by atoms with van der Waals surface area (Å²) in [7, 11) is 1.91. The summed E-state index contributed by atoms with van der Waals surface area (Å²) >= 11 is 0. The summed E-state index contributed by atoms with van der Waals surface area (Å²) in [6, 6.07) is 7.78. The van der Waals surface area contributed by atoms with Gasteiger partial charge in [-0.25, -0.2) is 0 Å². The van der Waals surface area contributed by atoms with Crippen LogP contribution in [0.25, 0.3) is 0 Å². The average Bonchev–Trinajstić information content (AvgIpc) is 3.14. The maximum atomic E-state index is 12.8. The van der Waals surface area contributed by atoms with E-state index < -0.39 is 0 Å². The van der Waals surface area contributed by atoms with Gasteiger partial charge in [-0.15, -0.1) is 0 Å². The maximum absolute atomic E-state index is 12.8. The molecule has 1 fully saturated rings. The normalized spacial score (nSPS) is 14.4. The Hall–Kier alpha value is -2.36. The van der Waals surface area contributed by atoms with Gasteiger partial charge < -0.3 is 9.64 Å². The van der Waals surface area contributed by atoms with Gasteiger partial charge in [0, 0.05) is 37.1 Å². The molecule has 4 heteroatoms. The smallest absolute Gasteiger partial charge is 0.253 e. The van der Waals surface area contributed by atoms with E-state index in [9.17, 15) is 4.79 Å². The minimum absolute atomic E-state index is 0.0990. The second-order valence-electron chi connectivity index (χ2n) is 7.43. The lowest BCUT2D eigenvalue weighted by atomic mass is 10.0. The van der Waals surface area contributed by atoms with Crippen LogP contribution in [0, 0.1) is 19.8 Å². The molecule has 0 aliphatic heterocycles. The first-order chi connectivity index (χ1) is 12.5. The van der Waals surface area contributed by atoms with Gasteiger partial charge in [-0.1, -0.05) is 18.9 Å². The Labute approximate surface area is 156 Å². The Bertz CT molecular complexity index is 729. The van der Waals surface area contributed by atoms with Crippen molar-refractivity contribution in [1.82, 2.24) is 9.88 Å². The lowest BCUT2D eigenvalue weighted by Crippen LogP contribution is -2.31. The van der Waals surface area contributed by atoms with E-state index in [0.29, 0.717) is 12.5 Å². The fraction of sp³-hybridized carbons (Fsp3) is 0.455. The van der Waals surface area contributed by atoms with Crippen molar-refractivity contribution in [1.29, 1.82) is 0 Å². The van der Waals surface area contributed by atoms with Gasteiger partial charge in [0.2, 0.25) is 0 Å². The van der Waals surface area contributed by atoms with Crippen LogP contribution in [0.5, 0.6) is 5.75 Å². The molecule has 0 saturated heterocycles. The van der Waals surface area contributed by atoms with Crippen LogP contribution >= 0.6 is 0 Å². The van der Waals surface area contributed by atoms with Crippen molar-refractivity contribution in [2.24, 2.45) is 5.92 Å². The molecule has 0 N–H and O–H groups in total. The predicted octanol–water partition coefficient (Wildman–Crippen LogP) is 4.54. The zero-order chi connectivity index (χ0) is 18.5. The van der Waals surface area contributed by atoms with Crippen LogP contribution in [0.15, 0.2) is 36.7 Å². The number of hydrogen-bond donors (Lipinski definition) is 0. The monoisotopic (exact) mass is 352 g/mol. The number of pyridine rings is 1. The van der Waals surface area contributed by atoms with Crippen LogP contribution in [-0.4, -0.2) is 29.4 Å². The first-order valence-electron chi connectivity index (χ1n) is 9.43. The molecule has 0 spiro atoms. The highest BCUT2D eigenvalue weighted by molar-refractivity contribution is 5.94. The summed E-state index contributed by atoms with van der Waals surface area (Å²) in [6.07, 6.45) is 8.65. The summed E-state index contributed by atoms with van der Waals surface area (Å²) in [5.74, 6) is 1.61. The second-order valence-corrected chi connectivity index (χ2v) is 7.43. The van der Waals surface area contributed by atoms with E-state index in [1.807, 2.05) is 50.1 Å². The van der Waals surface area contributed by atoms with Crippen molar-refractivity contribution >= 4 is 5.91 Å². The number of carbonyl (C=O) groups is 1. The topological polar surface area (TPSA) is 42.4 Å². The van der Waals surface area contributed by atoms with Gasteiger partial charge in [-0.05, 0) is 61.9 Å². The van der Waals surface area contributed by atoms with Gasteiger partial charge in [0.15, 0.2) is 0 Å². The molecule has 1 heterocycles. The highest BCUT2D eigenvalue weighted by Crippen LogP contribution is 2.28. The number of hydrogen-bond acceptors (Lipinski definition) is 3. The number of carbonyl (C=O) groups excluding carboxylic acids is 1. The molecule has 3 rings (SSSR count). The summed E-state index contributed by atoms with van der Waals surface area (Å²) in [4.78, 5) is 18.8. The van der Waals surface area contributed by atoms with Gasteiger partial charge in [-0.3, -0.25) is 9.78 Å². The Balaban J connectivity index is 1.68. The fourth-order valence-corrected chi connectivity index (χ4v) is 3.82. The quantitative estimate of drug-likeness (QED) is 0.766. The lowest BCUT2D eigenvalue weighted by molar-refractivity contribution is 0.0773. The number of amides is 1. The standard InChI is InChI=1S/C22H28N2O2/c1-16-11-20(22(25)24(3)14-18-7-4-5-8-18)12-17(2)21(16)26-15-19-9-6-10-23-13-19/h6,9-13,18H,4-5,7-8,14-15H2,1-3H3. The minimum atomic E-state index is 0.0990. The van der Waals surface area contributed by atoms with E-state index in [4.69, 9.17) is 4.74 Å². The van der Waals surface area contributed by atoms with Crippen LogP contribution in [0.4, 0.5) is 0 Å². The highest BCUT2D eigenvalue weighted by Gasteiger charge is 2.21.